The third-order valence-electron chi connectivity index (χ3n) is 2.91. The molecular weight excluding hydrogens is 288 g/mol. The minimum absolute atomic E-state index is 0.292. The van der Waals surface area contributed by atoms with Gasteiger partial charge in [-0.05, 0) is 43.7 Å². The summed E-state index contributed by atoms with van der Waals surface area (Å²) in [5.41, 5.74) is 2.87. The Labute approximate surface area is 129 Å². The van der Waals surface area contributed by atoms with Gasteiger partial charge in [-0.1, -0.05) is 23.7 Å². The number of aromatic nitrogens is 2. The van der Waals surface area contributed by atoms with Crippen LogP contribution >= 0.6 is 11.6 Å². The Hall–Kier alpha value is -2.07. The zero-order chi connectivity index (χ0) is 15.2. The molecule has 0 bridgehead atoms. The van der Waals surface area contributed by atoms with Gasteiger partial charge in [-0.15, -0.1) is 0 Å². The second-order valence-electron chi connectivity index (χ2n) is 4.71. The van der Waals surface area contributed by atoms with Gasteiger partial charge < -0.3 is 4.74 Å². The van der Waals surface area contributed by atoms with E-state index in [1.165, 1.54) is 6.08 Å². The summed E-state index contributed by atoms with van der Waals surface area (Å²) in [5.74, 6) is -0.378. The molecule has 0 saturated heterocycles. The lowest BCUT2D eigenvalue weighted by Crippen LogP contribution is -2.11. The van der Waals surface area contributed by atoms with Gasteiger partial charge in [-0.25, -0.2) is 4.79 Å². The van der Waals surface area contributed by atoms with E-state index in [0.29, 0.717) is 18.2 Å². The van der Waals surface area contributed by atoms with Crippen molar-refractivity contribution in [1.82, 2.24) is 9.78 Å². The van der Waals surface area contributed by atoms with Gasteiger partial charge in [0, 0.05) is 16.8 Å². The highest BCUT2D eigenvalue weighted by atomic mass is 35.5. The highest BCUT2D eigenvalue weighted by molar-refractivity contribution is 6.30. The van der Waals surface area contributed by atoms with Crippen molar-refractivity contribution in [2.75, 3.05) is 6.61 Å². The number of hydrogen-bond donors (Lipinski definition) is 0. The number of ether oxygens (including phenoxy) is 1. The van der Waals surface area contributed by atoms with Crippen LogP contribution in [0.25, 0.3) is 6.08 Å². The molecule has 4 nitrogen and oxygen atoms in total. The van der Waals surface area contributed by atoms with Crippen LogP contribution in [0.1, 0.15) is 17.0 Å². The first-order chi connectivity index (χ1) is 10.0. The quantitative estimate of drug-likeness (QED) is 0.628. The maximum absolute atomic E-state index is 11.6. The lowest BCUT2D eigenvalue weighted by atomic mass is 10.2. The molecule has 0 spiro atoms. The van der Waals surface area contributed by atoms with Crippen molar-refractivity contribution in [3.05, 3.63) is 58.4 Å². The van der Waals surface area contributed by atoms with Crippen LogP contribution in [0.5, 0.6) is 0 Å². The molecule has 2 aromatic rings. The number of aryl methyl sites for hydroxylation is 2. The average molecular weight is 305 g/mol. The summed E-state index contributed by atoms with van der Waals surface area (Å²) in [6.45, 7) is 4.75. The third kappa shape index (κ3) is 4.76. The molecule has 0 aliphatic carbocycles. The average Bonchev–Trinajstić information content (AvgIpc) is 2.75. The van der Waals surface area contributed by atoms with Crippen molar-refractivity contribution < 1.29 is 9.53 Å². The Bertz CT molecular complexity index is 662. The molecule has 1 heterocycles. The van der Waals surface area contributed by atoms with Gasteiger partial charge in [-0.3, -0.25) is 4.68 Å². The van der Waals surface area contributed by atoms with Crippen LogP contribution in [0.15, 0.2) is 36.4 Å². The molecule has 21 heavy (non-hydrogen) atoms. The number of hydrogen-bond acceptors (Lipinski definition) is 3. The van der Waals surface area contributed by atoms with E-state index in [4.69, 9.17) is 16.3 Å². The Balaban J connectivity index is 1.81. The molecule has 0 amide bonds. The van der Waals surface area contributed by atoms with Crippen LogP contribution < -0.4 is 0 Å². The van der Waals surface area contributed by atoms with Crippen LogP contribution in [0.3, 0.4) is 0 Å². The minimum atomic E-state index is -0.378. The van der Waals surface area contributed by atoms with Crippen molar-refractivity contribution in [1.29, 1.82) is 0 Å². The molecule has 0 unspecified atom stereocenters. The smallest absolute Gasteiger partial charge is 0.330 e. The van der Waals surface area contributed by atoms with Gasteiger partial charge in [0.2, 0.25) is 0 Å². The van der Waals surface area contributed by atoms with E-state index in [0.717, 1.165) is 17.0 Å². The minimum Gasteiger partial charge on any atom is -0.461 e. The molecular formula is C16H17ClN2O2. The van der Waals surface area contributed by atoms with Crippen LogP contribution in [0.2, 0.25) is 5.02 Å². The zero-order valence-electron chi connectivity index (χ0n) is 12.0. The largest absolute Gasteiger partial charge is 0.461 e. The van der Waals surface area contributed by atoms with E-state index >= 15 is 0 Å². The molecule has 1 aromatic heterocycles. The van der Waals surface area contributed by atoms with E-state index in [2.05, 4.69) is 5.10 Å². The lowest BCUT2D eigenvalue weighted by molar-refractivity contribution is -0.138. The second-order valence-corrected chi connectivity index (χ2v) is 5.14. The first-order valence-corrected chi connectivity index (χ1v) is 7.04. The van der Waals surface area contributed by atoms with E-state index in [-0.39, 0.29) is 5.97 Å². The maximum Gasteiger partial charge on any atom is 0.330 e. The Kier molecular flexibility index (Phi) is 5.17. The predicted octanol–water partition coefficient (Wildman–Crippen LogP) is 3.41. The Morgan fingerprint density at radius 3 is 2.86 bits per heavy atom. The summed E-state index contributed by atoms with van der Waals surface area (Å²) in [6, 6.07) is 9.25. The SMILES string of the molecule is Cc1cc(C)n(CCOC(=O)C=Cc2cccc(Cl)c2)n1. The number of esters is 1. The molecule has 0 aliphatic heterocycles. The monoisotopic (exact) mass is 304 g/mol. The third-order valence-corrected chi connectivity index (χ3v) is 3.15. The van der Waals surface area contributed by atoms with Gasteiger partial charge in [0.15, 0.2) is 0 Å². The van der Waals surface area contributed by atoms with Crippen LogP contribution in [0, 0.1) is 13.8 Å². The Morgan fingerprint density at radius 1 is 1.38 bits per heavy atom. The zero-order valence-corrected chi connectivity index (χ0v) is 12.8. The van der Waals surface area contributed by atoms with E-state index in [1.807, 2.05) is 36.7 Å². The Morgan fingerprint density at radius 2 is 2.19 bits per heavy atom. The number of benzene rings is 1. The molecule has 0 saturated carbocycles. The molecule has 5 heteroatoms. The number of carbonyl (C=O) groups is 1. The highest BCUT2D eigenvalue weighted by Crippen LogP contribution is 2.11. The van der Waals surface area contributed by atoms with Gasteiger partial charge in [-0.2, -0.15) is 5.10 Å². The lowest BCUT2D eigenvalue weighted by Gasteiger charge is -2.04. The molecule has 0 fully saturated rings. The molecule has 0 radical (unpaired) electrons. The van der Waals surface area contributed by atoms with Gasteiger partial charge in [0.05, 0.1) is 12.2 Å². The van der Waals surface area contributed by atoms with Crippen LogP contribution in [0.4, 0.5) is 0 Å². The normalized spacial score (nSPS) is 11.0. The molecule has 110 valence electrons. The summed E-state index contributed by atoms with van der Waals surface area (Å²) >= 11 is 5.87. The van der Waals surface area contributed by atoms with E-state index < -0.39 is 0 Å². The highest BCUT2D eigenvalue weighted by Gasteiger charge is 2.02. The van der Waals surface area contributed by atoms with Crippen molar-refractivity contribution in [3.63, 3.8) is 0 Å². The fourth-order valence-electron chi connectivity index (χ4n) is 1.96. The summed E-state index contributed by atoms with van der Waals surface area (Å²) in [5, 5.41) is 4.94. The van der Waals surface area contributed by atoms with Gasteiger partial charge in [0.25, 0.3) is 0 Å². The fourth-order valence-corrected chi connectivity index (χ4v) is 2.16. The van der Waals surface area contributed by atoms with Crippen LogP contribution in [-0.2, 0) is 16.1 Å². The van der Waals surface area contributed by atoms with Crippen LogP contribution in [-0.4, -0.2) is 22.4 Å². The van der Waals surface area contributed by atoms with Crippen molar-refractivity contribution in [3.8, 4) is 0 Å². The number of halogens is 1. The summed E-state index contributed by atoms with van der Waals surface area (Å²) in [7, 11) is 0. The predicted molar refractivity (Wildman–Crippen MR) is 83.1 cm³/mol. The first kappa shape index (κ1) is 15.3. The summed E-state index contributed by atoms with van der Waals surface area (Å²) < 4.78 is 6.97. The molecule has 0 atom stereocenters. The number of nitrogens with zero attached hydrogens (tertiary/aromatic N) is 2. The van der Waals surface area contributed by atoms with Crippen molar-refractivity contribution in [2.45, 2.75) is 20.4 Å². The summed E-state index contributed by atoms with van der Waals surface area (Å²) in [6.07, 6.45) is 3.07. The van der Waals surface area contributed by atoms with E-state index in [9.17, 15) is 4.79 Å². The topological polar surface area (TPSA) is 44.1 Å². The van der Waals surface area contributed by atoms with Crippen molar-refractivity contribution in [2.24, 2.45) is 0 Å². The summed E-state index contributed by atoms with van der Waals surface area (Å²) in [4.78, 5) is 11.6. The van der Waals surface area contributed by atoms with Crippen molar-refractivity contribution >= 4 is 23.6 Å². The van der Waals surface area contributed by atoms with Gasteiger partial charge in [0.1, 0.15) is 6.61 Å². The number of carbonyl (C=O) groups excluding carboxylic acids is 1. The maximum atomic E-state index is 11.6. The van der Waals surface area contributed by atoms with E-state index in [1.54, 1.807) is 18.2 Å². The standard InChI is InChI=1S/C16H17ClN2O2/c1-12-10-13(2)19(18-12)8-9-21-16(20)7-6-14-4-3-5-15(17)11-14/h3-7,10-11H,8-9H2,1-2H3. The molecule has 2 rings (SSSR count). The number of rotatable bonds is 5. The molecule has 0 aliphatic rings. The molecule has 1 aromatic carbocycles. The first-order valence-electron chi connectivity index (χ1n) is 6.66. The fraction of sp³-hybridized carbons (Fsp3) is 0.250. The van der Waals surface area contributed by atoms with Gasteiger partial charge >= 0.3 is 5.97 Å². The second kappa shape index (κ2) is 7.09. The molecule has 0 N–H and O–H groups in total.